The topological polar surface area (TPSA) is 93.5 Å². The van der Waals surface area contributed by atoms with Crippen LogP contribution in [0.4, 0.5) is 0 Å². The molecule has 1 saturated carbocycles. The number of nitrogens with zero attached hydrogens (tertiary/aromatic N) is 1. The maximum atomic E-state index is 12.3. The lowest BCUT2D eigenvalue weighted by molar-refractivity contribution is -0.123. The van der Waals surface area contributed by atoms with Crippen LogP contribution in [-0.2, 0) is 11.4 Å². The Kier molecular flexibility index (Phi) is 4.50. The second-order valence-electron chi connectivity index (χ2n) is 5.81. The standard InChI is InChI=1S/C17H19N3O4/c1-10-14(11(2)24-20-10)9-23-15-6-4-3-5-13(15)17(22)19-18-16(21)12-7-8-12/h3-6,12H,7-9H2,1-2H3,(H,18,21)(H,19,22). The van der Waals surface area contributed by atoms with Gasteiger partial charge in [-0.3, -0.25) is 20.4 Å². The van der Waals surface area contributed by atoms with Crippen molar-refractivity contribution in [2.45, 2.75) is 33.3 Å². The summed E-state index contributed by atoms with van der Waals surface area (Å²) in [6.45, 7) is 3.89. The number of para-hydroxylation sites is 1. The van der Waals surface area contributed by atoms with Crippen molar-refractivity contribution in [1.29, 1.82) is 0 Å². The monoisotopic (exact) mass is 329 g/mol. The van der Waals surface area contributed by atoms with Crippen molar-refractivity contribution < 1.29 is 18.8 Å². The third kappa shape index (κ3) is 3.56. The van der Waals surface area contributed by atoms with Crippen LogP contribution in [0.15, 0.2) is 28.8 Å². The summed E-state index contributed by atoms with van der Waals surface area (Å²) in [7, 11) is 0. The maximum Gasteiger partial charge on any atom is 0.273 e. The highest BCUT2D eigenvalue weighted by Gasteiger charge is 2.30. The predicted octanol–water partition coefficient (Wildman–Crippen LogP) is 2.04. The molecule has 1 aliphatic carbocycles. The van der Waals surface area contributed by atoms with Crippen LogP contribution in [0.25, 0.3) is 0 Å². The average molecular weight is 329 g/mol. The van der Waals surface area contributed by atoms with E-state index < -0.39 is 5.91 Å². The first-order chi connectivity index (χ1) is 11.6. The van der Waals surface area contributed by atoms with Crippen molar-refractivity contribution in [3.8, 4) is 5.75 Å². The number of hydrogen-bond donors (Lipinski definition) is 2. The van der Waals surface area contributed by atoms with E-state index >= 15 is 0 Å². The normalized spacial score (nSPS) is 13.4. The fourth-order valence-electron chi connectivity index (χ4n) is 2.27. The van der Waals surface area contributed by atoms with Crippen LogP contribution in [0.3, 0.4) is 0 Å². The molecule has 24 heavy (non-hydrogen) atoms. The van der Waals surface area contributed by atoms with E-state index in [0.29, 0.717) is 17.1 Å². The molecule has 0 aliphatic heterocycles. The molecule has 0 spiro atoms. The van der Waals surface area contributed by atoms with Gasteiger partial charge in [-0.25, -0.2) is 0 Å². The fraction of sp³-hybridized carbons (Fsp3) is 0.353. The molecule has 7 heteroatoms. The van der Waals surface area contributed by atoms with Gasteiger partial charge < -0.3 is 9.26 Å². The first-order valence-corrected chi connectivity index (χ1v) is 7.80. The summed E-state index contributed by atoms with van der Waals surface area (Å²) in [5.41, 5.74) is 6.82. The highest BCUT2D eigenvalue weighted by atomic mass is 16.5. The average Bonchev–Trinajstić information content (AvgIpc) is 3.38. The van der Waals surface area contributed by atoms with Gasteiger partial charge in [0.05, 0.1) is 16.8 Å². The number of hydrogen-bond acceptors (Lipinski definition) is 5. The van der Waals surface area contributed by atoms with Gasteiger partial charge in [0, 0.05) is 5.92 Å². The van der Waals surface area contributed by atoms with Gasteiger partial charge in [0.25, 0.3) is 5.91 Å². The van der Waals surface area contributed by atoms with Crippen LogP contribution in [0.5, 0.6) is 5.75 Å². The quantitative estimate of drug-likeness (QED) is 0.819. The Balaban J connectivity index is 1.65. The number of rotatable bonds is 5. The summed E-state index contributed by atoms with van der Waals surface area (Å²) < 4.78 is 10.9. The highest BCUT2D eigenvalue weighted by Crippen LogP contribution is 2.28. The van der Waals surface area contributed by atoms with E-state index in [1.165, 1.54) is 0 Å². The Morgan fingerprint density at radius 2 is 2.00 bits per heavy atom. The van der Waals surface area contributed by atoms with E-state index in [9.17, 15) is 9.59 Å². The zero-order valence-electron chi connectivity index (χ0n) is 13.6. The van der Waals surface area contributed by atoms with Gasteiger partial charge in [0.15, 0.2) is 0 Å². The van der Waals surface area contributed by atoms with Crippen molar-refractivity contribution in [3.63, 3.8) is 0 Å². The largest absolute Gasteiger partial charge is 0.488 e. The molecule has 2 aromatic rings. The van der Waals surface area contributed by atoms with E-state index in [0.717, 1.165) is 24.1 Å². The van der Waals surface area contributed by atoms with Crippen LogP contribution in [0.1, 0.15) is 40.2 Å². The van der Waals surface area contributed by atoms with Gasteiger partial charge >= 0.3 is 0 Å². The Labute approximate surface area is 139 Å². The molecule has 126 valence electrons. The van der Waals surface area contributed by atoms with E-state index in [-0.39, 0.29) is 18.4 Å². The molecule has 0 bridgehead atoms. The smallest absolute Gasteiger partial charge is 0.273 e. The number of hydrazine groups is 1. The summed E-state index contributed by atoms with van der Waals surface area (Å²) in [6, 6.07) is 6.86. The van der Waals surface area contributed by atoms with Crippen molar-refractivity contribution in [2.24, 2.45) is 5.92 Å². The molecule has 3 rings (SSSR count). The second kappa shape index (κ2) is 6.74. The SMILES string of the molecule is Cc1noc(C)c1COc1ccccc1C(=O)NNC(=O)C1CC1. The first-order valence-electron chi connectivity index (χ1n) is 7.80. The Morgan fingerprint density at radius 1 is 1.25 bits per heavy atom. The minimum absolute atomic E-state index is 0.0244. The zero-order chi connectivity index (χ0) is 17.1. The van der Waals surface area contributed by atoms with Crippen LogP contribution < -0.4 is 15.6 Å². The van der Waals surface area contributed by atoms with E-state index in [2.05, 4.69) is 16.0 Å². The fourth-order valence-corrected chi connectivity index (χ4v) is 2.27. The Bertz CT molecular complexity index is 745. The molecule has 1 aromatic heterocycles. The molecule has 1 aromatic carbocycles. The lowest BCUT2D eigenvalue weighted by Crippen LogP contribution is -2.42. The van der Waals surface area contributed by atoms with E-state index in [4.69, 9.17) is 9.26 Å². The van der Waals surface area contributed by atoms with E-state index in [1.807, 2.05) is 13.8 Å². The molecule has 2 amide bonds. The molecule has 1 fully saturated rings. The lowest BCUT2D eigenvalue weighted by atomic mass is 10.2. The molecular weight excluding hydrogens is 310 g/mol. The molecule has 1 aliphatic rings. The van der Waals surface area contributed by atoms with Crippen LogP contribution in [-0.4, -0.2) is 17.0 Å². The third-order valence-corrected chi connectivity index (χ3v) is 3.93. The van der Waals surface area contributed by atoms with Crippen molar-refractivity contribution in [3.05, 3.63) is 46.8 Å². The molecule has 0 saturated heterocycles. The summed E-state index contributed by atoms with van der Waals surface area (Å²) >= 11 is 0. The Hall–Kier alpha value is -2.83. The Morgan fingerprint density at radius 3 is 2.67 bits per heavy atom. The summed E-state index contributed by atoms with van der Waals surface area (Å²) in [5.74, 6) is 0.564. The van der Waals surface area contributed by atoms with E-state index in [1.54, 1.807) is 24.3 Å². The number of ether oxygens (including phenoxy) is 1. The molecule has 0 unspecified atom stereocenters. The summed E-state index contributed by atoms with van der Waals surface area (Å²) in [6.07, 6.45) is 1.75. The number of aryl methyl sites for hydroxylation is 2. The number of aromatic nitrogens is 1. The van der Waals surface area contributed by atoms with Crippen molar-refractivity contribution in [2.75, 3.05) is 0 Å². The van der Waals surface area contributed by atoms with Crippen LogP contribution >= 0.6 is 0 Å². The van der Waals surface area contributed by atoms with Gasteiger partial charge in [-0.1, -0.05) is 17.3 Å². The van der Waals surface area contributed by atoms with Crippen molar-refractivity contribution in [1.82, 2.24) is 16.0 Å². The highest BCUT2D eigenvalue weighted by molar-refractivity contribution is 5.98. The number of amides is 2. The predicted molar refractivity (Wildman–Crippen MR) is 85.1 cm³/mol. The molecule has 7 nitrogen and oxygen atoms in total. The summed E-state index contributed by atoms with van der Waals surface area (Å²) in [5, 5.41) is 3.88. The van der Waals surface area contributed by atoms with Crippen LogP contribution in [0.2, 0.25) is 0 Å². The van der Waals surface area contributed by atoms with Gasteiger partial charge in [-0.05, 0) is 38.8 Å². The molecular formula is C17H19N3O4. The molecule has 0 radical (unpaired) electrons. The lowest BCUT2D eigenvalue weighted by Gasteiger charge is -2.12. The molecule has 0 atom stereocenters. The minimum Gasteiger partial charge on any atom is -0.488 e. The number of benzene rings is 1. The summed E-state index contributed by atoms with van der Waals surface area (Å²) in [4.78, 5) is 23.9. The second-order valence-corrected chi connectivity index (χ2v) is 5.81. The third-order valence-electron chi connectivity index (χ3n) is 3.93. The molecule has 2 N–H and O–H groups in total. The number of carbonyl (C=O) groups excluding carboxylic acids is 2. The van der Waals surface area contributed by atoms with Crippen LogP contribution in [0, 0.1) is 19.8 Å². The number of nitrogens with one attached hydrogen (secondary N) is 2. The van der Waals surface area contributed by atoms with Gasteiger partial charge in [-0.2, -0.15) is 0 Å². The van der Waals surface area contributed by atoms with Gasteiger partial charge in [0.2, 0.25) is 5.91 Å². The van der Waals surface area contributed by atoms with Gasteiger partial charge in [0.1, 0.15) is 18.1 Å². The minimum atomic E-state index is -0.418. The van der Waals surface area contributed by atoms with Gasteiger partial charge in [-0.15, -0.1) is 0 Å². The zero-order valence-corrected chi connectivity index (χ0v) is 13.6. The first kappa shape index (κ1) is 16.0. The molecule has 1 heterocycles. The maximum absolute atomic E-state index is 12.3. The van der Waals surface area contributed by atoms with Crippen molar-refractivity contribution >= 4 is 11.8 Å². The number of carbonyl (C=O) groups is 2.